The number of ether oxygens (including phenoxy) is 2. The summed E-state index contributed by atoms with van der Waals surface area (Å²) in [5.74, 6) is 1.33. The fraction of sp³-hybridized carbons (Fsp3) is 0.412. The number of nitrogens with two attached hydrogens (primary N) is 1. The Labute approximate surface area is 135 Å². The lowest BCUT2D eigenvalue weighted by atomic mass is 10.2. The van der Waals surface area contributed by atoms with Gasteiger partial charge in [0.1, 0.15) is 17.5 Å². The Morgan fingerprint density at radius 1 is 1.39 bits per heavy atom. The van der Waals surface area contributed by atoms with Crippen LogP contribution in [0.3, 0.4) is 0 Å². The van der Waals surface area contributed by atoms with Crippen LogP contribution in [0.1, 0.15) is 18.5 Å². The third-order valence-corrected chi connectivity index (χ3v) is 3.89. The summed E-state index contributed by atoms with van der Waals surface area (Å²) in [6.45, 7) is 4.49. The average molecular weight is 314 g/mol. The average Bonchev–Trinajstić information content (AvgIpc) is 2.97. The van der Waals surface area contributed by atoms with Crippen LogP contribution in [0, 0.1) is 0 Å². The Morgan fingerprint density at radius 2 is 2.26 bits per heavy atom. The predicted molar refractivity (Wildman–Crippen MR) is 89.6 cm³/mol. The lowest BCUT2D eigenvalue weighted by Gasteiger charge is -2.15. The van der Waals surface area contributed by atoms with E-state index in [2.05, 4.69) is 16.9 Å². The second-order valence-electron chi connectivity index (χ2n) is 5.65. The van der Waals surface area contributed by atoms with Crippen molar-refractivity contribution in [3.8, 4) is 11.6 Å². The molecule has 0 aliphatic carbocycles. The molecular weight excluding hydrogens is 292 g/mol. The van der Waals surface area contributed by atoms with Crippen molar-refractivity contribution in [1.82, 2.24) is 15.3 Å². The highest BCUT2D eigenvalue weighted by Gasteiger charge is 2.24. The summed E-state index contributed by atoms with van der Waals surface area (Å²) in [5.41, 5.74) is 8.31. The number of aryl methyl sites for hydroxylation is 1. The van der Waals surface area contributed by atoms with Crippen molar-refractivity contribution in [2.24, 2.45) is 5.73 Å². The highest BCUT2D eigenvalue weighted by molar-refractivity contribution is 5.76. The van der Waals surface area contributed by atoms with Gasteiger partial charge in [-0.2, -0.15) is 0 Å². The Bertz CT molecular complexity index is 704. The van der Waals surface area contributed by atoms with Crippen LogP contribution < -0.4 is 20.5 Å². The molecule has 23 heavy (non-hydrogen) atoms. The largest absolute Gasteiger partial charge is 0.497 e. The number of rotatable bonds is 6. The molecule has 1 fully saturated rings. The second-order valence-corrected chi connectivity index (χ2v) is 5.65. The monoisotopic (exact) mass is 314 g/mol. The van der Waals surface area contributed by atoms with Gasteiger partial charge >= 0.3 is 0 Å². The van der Waals surface area contributed by atoms with Crippen molar-refractivity contribution in [3.63, 3.8) is 0 Å². The second kappa shape index (κ2) is 6.93. The molecule has 0 radical (unpaired) electrons. The van der Waals surface area contributed by atoms with Gasteiger partial charge in [-0.15, -0.1) is 6.58 Å². The quantitative estimate of drug-likeness (QED) is 0.791. The molecule has 2 atom stereocenters. The number of nitrogens with one attached hydrogen (secondary N) is 1. The van der Waals surface area contributed by atoms with E-state index in [0.717, 1.165) is 48.3 Å². The van der Waals surface area contributed by atoms with E-state index in [1.165, 1.54) is 0 Å². The number of allylic oxidation sites excluding steroid dienone is 1. The van der Waals surface area contributed by atoms with Gasteiger partial charge in [0.05, 0.1) is 24.3 Å². The standard InChI is InChI=1S/C17H22N4O2/c1-3-4-5-14-17(23-12-9-16(18)19-10-12)21-15-8-11(22-2)6-7-13(15)20-14/h3,6-8,12,16,19H,1,4-5,9-10,18H2,2H3. The van der Waals surface area contributed by atoms with Gasteiger partial charge < -0.3 is 15.2 Å². The Balaban J connectivity index is 1.94. The Hall–Kier alpha value is -2.18. The SMILES string of the molecule is C=CCCc1nc2ccc(OC)cc2nc1OC1CNC(N)C1. The van der Waals surface area contributed by atoms with Gasteiger partial charge in [0.2, 0.25) is 5.88 Å². The van der Waals surface area contributed by atoms with Gasteiger partial charge in [-0.25, -0.2) is 9.97 Å². The summed E-state index contributed by atoms with van der Waals surface area (Å²) >= 11 is 0. The van der Waals surface area contributed by atoms with Gasteiger partial charge in [0.15, 0.2) is 0 Å². The third kappa shape index (κ3) is 3.60. The smallest absolute Gasteiger partial charge is 0.236 e. The summed E-state index contributed by atoms with van der Waals surface area (Å²) in [6, 6.07) is 5.66. The zero-order valence-corrected chi connectivity index (χ0v) is 13.3. The highest BCUT2D eigenvalue weighted by atomic mass is 16.5. The predicted octanol–water partition coefficient (Wildman–Crippen LogP) is 1.78. The summed E-state index contributed by atoms with van der Waals surface area (Å²) in [6.07, 6.45) is 4.21. The molecule has 3 N–H and O–H groups in total. The molecule has 0 spiro atoms. The minimum absolute atomic E-state index is 0.0184. The molecule has 6 nitrogen and oxygen atoms in total. The van der Waals surface area contributed by atoms with Crippen molar-refractivity contribution in [2.75, 3.05) is 13.7 Å². The fourth-order valence-electron chi connectivity index (χ4n) is 2.66. The van der Waals surface area contributed by atoms with Gasteiger partial charge in [-0.05, 0) is 25.0 Å². The Kier molecular flexibility index (Phi) is 4.73. The van der Waals surface area contributed by atoms with Crippen LogP contribution in [0.15, 0.2) is 30.9 Å². The first-order valence-corrected chi connectivity index (χ1v) is 7.81. The molecule has 1 aromatic heterocycles. The van der Waals surface area contributed by atoms with Gasteiger partial charge in [-0.3, -0.25) is 5.32 Å². The van der Waals surface area contributed by atoms with E-state index in [1.807, 2.05) is 24.3 Å². The summed E-state index contributed by atoms with van der Waals surface area (Å²) in [4.78, 5) is 9.36. The van der Waals surface area contributed by atoms with E-state index >= 15 is 0 Å². The third-order valence-electron chi connectivity index (χ3n) is 3.89. The lowest BCUT2D eigenvalue weighted by Crippen LogP contribution is -2.30. The molecule has 2 aromatic rings. The topological polar surface area (TPSA) is 82.3 Å². The maximum atomic E-state index is 6.06. The van der Waals surface area contributed by atoms with E-state index in [4.69, 9.17) is 20.2 Å². The molecule has 3 rings (SSSR count). The molecule has 0 saturated carbocycles. The minimum atomic E-state index is -0.0230. The van der Waals surface area contributed by atoms with E-state index in [1.54, 1.807) is 7.11 Å². The zero-order chi connectivity index (χ0) is 16.2. The van der Waals surface area contributed by atoms with Gasteiger partial charge in [-0.1, -0.05) is 6.08 Å². The molecule has 0 bridgehead atoms. The molecular formula is C17H22N4O2. The molecule has 1 aliphatic rings. The summed E-state index contributed by atoms with van der Waals surface area (Å²) in [5, 5.41) is 3.18. The first-order chi connectivity index (χ1) is 11.2. The number of hydrogen-bond donors (Lipinski definition) is 2. The van der Waals surface area contributed by atoms with Gasteiger partial charge in [0, 0.05) is 19.0 Å². The molecule has 1 aliphatic heterocycles. The van der Waals surface area contributed by atoms with Crippen molar-refractivity contribution >= 4 is 11.0 Å². The summed E-state index contributed by atoms with van der Waals surface area (Å²) < 4.78 is 11.3. The normalized spacial score (nSPS) is 20.6. The number of methoxy groups -OCH3 is 1. The first-order valence-electron chi connectivity index (χ1n) is 7.81. The van der Waals surface area contributed by atoms with E-state index < -0.39 is 0 Å². The van der Waals surface area contributed by atoms with Crippen LogP contribution in [0.25, 0.3) is 11.0 Å². The molecule has 1 saturated heterocycles. The van der Waals surface area contributed by atoms with Crippen LogP contribution >= 0.6 is 0 Å². The number of fused-ring (bicyclic) bond motifs is 1. The maximum absolute atomic E-state index is 6.06. The number of nitrogens with zero attached hydrogens (tertiary/aromatic N) is 2. The zero-order valence-electron chi connectivity index (χ0n) is 13.3. The van der Waals surface area contributed by atoms with Crippen molar-refractivity contribution in [1.29, 1.82) is 0 Å². The lowest BCUT2D eigenvalue weighted by molar-refractivity contribution is 0.208. The molecule has 2 heterocycles. The highest BCUT2D eigenvalue weighted by Crippen LogP contribution is 2.25. The van der Waals surface area contributed by atoms with Gasteiger partial charge in [0.25, 0.3) is 0 Å². The van der Waals surface area contributed by atoms with Crippen molar-refractivity contribution in [3.05, 3.63) is 36.5 Å². The molecule has 2 unspecified atom stereocenters. The van der Waals surface area contributed by atoms with Crippen molar-refractivity contribution in [2.45, 2.75) is 31.5 Å². The van der Waals surface area contributed by atoms with Crippen LogP contribution in [0.4, 0.5) is 0 Å². The first kappa shape index (κ1) is 15.7. The number of hydrogen-bond acceptors (Lipinski definition) is 6. The van der Waals surface area contributed by atoms with E-state index in [9.17, 15) is 0 Å². The molecule has 6 heteroatoms. The molecule has 0 amide bonds. The molecule has 122 valence electrons. The van der Waals surface area contributed by atoms with Crippen molar-refractivity contribution < 1.29 is 9.47 Å². The van der Waals surface area contributed by atoms with Crippen LogP contribution in [-0.4, -0.2) is 35.9 Å². The van der Waals surface area contributed by atoms with E-state index in [-0.39, 0.29) is 12.3 Å². The van der Waals surface area contributed by atoms with Crippen LogP contribution in [0.5, 0.6) is 11.6 Å². The fourth-order valence-corrected chi connectivity index (χ4v) is 2.66. The maximum Gasteiger partial charge on any atom is 0.236 e. The van der Waals surface area contributed by atoms with Crippen LogP contribution in [-0.2, 0) is 6.42 Å². The minimum Gasteiger partial charge on any atom is -0.497 e. The number of benzene rings is 1. The van der Waals surface area contributed by atoms with Crippen LogP contribution in [0.2, 0.25) is 0 Å². The Morgan fingerprint density at radius 3 is 2.96 bits per heavy atom. The summed E-state index contributed by atoms with van der Waals surface area (Å²) in [7, 11) is 1.63. The van der Waals surface area contributed by atoms with E-state index in [0.29, 0.717) is 5.88 Å². The number of aromatic nitrogens is 2. The molecule has 1 aromatic carbocycles.